The van der Waals surface area contributed by atoms with Gasteiger partial charge in [0.05, 0.1) is 11.5 Å². The van der Waals surface area contributed by atoms with E-state index in [4.69, 9.17) is 28.4 Å². The van der Waals surface area contributed by atoms with Crippen LogP contribution in [0.1, 0.15) is 68.7 Å². The lowest BCUT2D eigenvalue weighted by atomic mass is 9.42. The molecule has 0 aromatic rings. The number of carbonyl (C=O) groups excluding carboxylic acids is 5. The maximum atomic E-state index is 14.4. The lowest BCUT2D eigenvalue weighted by Gasteiger charge is -2.62. The number of hydrogen-bond donors (Lipinski definition) is 2. The first kappa shape index (κ1) is 32.2. The van der Waals surface area contributed by atoms with Gasteiger partial charge in [-0.2, -0.15) is 0 Å². The minimum Gasteiger partial charge on any atom is -0.504 e. The molecular weight excluding hydrogens is 628 g/mol. The number of fused-ring (bicyclic) bond motifs is 9. The van der Waals surface area contributed by atoms with E-state index in [0.717, 1.165) is 0 Å². The smallest absolute Gasteiger partial charge is 0.341 e. The van der Waals surface area contributed by atoms with Crippen LogP contribution in [0.2, 0.25) is 0 Å². The van der Waals surface area contributed by atoms with Crippen LogP contribution < -0.4 is 0 Å². The van der Waals surface area contributed by atoms with Crippen LogP contribution in [0.5, 0.6) is 0 Å². The molecule has 8 rings (SSSR count). The van der Waals surface area contributed by atoms with Crippen molar-refractivity contribution in [2.24, 2.45) is 57.7 Å². The zero-order valence-corrected chi connectivity index (χ0v) is 28.6. The van der Waals surface area contributed by atoms with Gasteiger partial charge < -0.3 is 38.6 Å². The van der Waals surface area contributed by atoms with E-state index in [9.17, 15) is 34.2 Å². The van der Waals surface area contributed by atoms with Gasteiger partial charge in [-0.25, -0.2) is 4.79 Å². The van der Waals surface area contributed by atoms with Crippen LogP contribution in [0.15, 0.2) is 11.3 Å². The summed E-state index contributed by atoms with van der Waals surface area (Å²) in [5.74, 6) is -9.69. The van der Waals surface area contributed by atoms with Crippen molar-refractivity contribution in [1.29, 1.82) is 0 Å². The summed E-state index contributed by atoms with van der Waals surface area (Å²) in [6, 6.07) is 0. The molecule has 7 fully saturated rings. The number of carbonyl (C=O) groups is 5. The number of allylic oxidation sites excluding steroid dienone is 1. The summed E-state index contributed by atoms with van der Waals surface area (Å²) in [5.41, 5.74) is -5.41. The molecule has 0 aromatic carbocycles. The van der Waals surface area contributed by atoms with Gasteiger partial charge in [0.25, 0.3) is 0 Å². The van der Waals surface area contributed by atoms with Crippen LogP contribution in [-0.2, 0) is 52.4 Å². The number of aliphatic hydroxyl groups is 2. The highest BCUT2D eigenvalue weighted by molar-refractivity contribution is 5.98. The van der Waals surface area contributed by atoms with E-state index in [2.05, 4.69) is 0 Å². The number of aliphatic hydroxyl groups excluding tert-OH is 1. The summed E-state index contributed by atoms with van der Waals surface area (Å²) >= 11 is 0. The molecule has 0 bridgehead atoms. The quantitative estimate of drug-likeness (QED) is 0.253. The van der Waals surface area contributed by atoms with Crippen LogP contribution in [0.4, 0.5) is 0 Å². The maximum Gasteiger partial charge on any atom is 0.341 e. The Kier molecular flexibility index (Phi) is 6.17. The van der Waals surface area contributed by atoms with E-state index < -0.39 is 129 Å². The second-order valence-electron chi connectivity index (χ2n) is 16.6. The fourth-order valence-electron chi connectivity index (χ4n) is 12.8. The second kappa shape index (κ2) is 9.19. The summed E-state index contributed by atoms with van der Waals surface area (Å²) in [4.78, 5) is 66.4. The van der Waals surface area contributed by atoms with Crippen LogP contribution in [0.25, 0.3) is 0 Å². The molecule has 13 heteroatoms. The molecule has 8 aliphatic rings. The molecule has 2 N–H and O–H groups in total. The van der Waals surface area contributed by atoms with Gasteiger partial charge in [0.1, 0.15) is 30.5 Å². The first-order chi connectivity index (χ1) is 22.2. The Morgan fingerprint density at radius 1 is 0.833 bits per heavy atom. The Balaban J connectivity index is 1.41. The first-order valence-electron chi connectivity index (χ1n) is 17.0. The normalized spacial score (nSPS) is 56.6. The summed E-state index contributed by atoms with van der Waals surface area (Å²) in [7, 11) is 0. The van der Waals surface area contributed by atoms with Crippen molar-refractivity contribution in [3.05, 3.63) is 11.3 Å². The molecule has 0 radical (unpaired) electrons. The van der Waals surface area contributed by atoms with Crippen LogP contribution in [0, 0.1) is 57.7 Å². The Bertz CT molecular complexity index is 1620. The van der Waals surface area contributed by atoms with E-state index in [-0.39, 0.29) is 12.0 Å². The van der Waals surface area contributed by atoms with Gasteiger partial charge in [0.15, 0.2) is 11.4 Å². The molecular formula is C35H44O13. The highest BCUT2D eigenvalue weighted by Crippen LogP contribution is 2.81. The fraction of sp³-hybridized carbons (Fsp3) is 0.800. The van der Waals surface area contributed by atoms with Gasteiger partial charge in [-0.1, -0.05) is 27.7 Å². The molecule has 18 atom stereocenters. The molecule has 1 spiro atoms. The standard InChI is InChI=1S/C35H44O13/c1-11-19-18(24(40)23(39)16-10-17-25(46-17)29(31(16,19)6)45-15(5)38)21-26(43-13(3)36)22-20(32(21,7)27(11)44-14(4)37)12(2)28-35(47-28)33(22,8)34(9,42)30(41)48-35/h11-12,16-17,19-22,25-29,40,42H,10H2,1-9H3/t11-,12-,16+,17-,19-,20-,21+,22-,25-,26+,27-,28-,29-,31-,32+,33-,34+,35-/m0/s1. The molecule has 0 unspecified atom stereocenters. The van der Waals surface area contributed by atoms with Crippen LogP contribution >= 0.6 is 0 Å². The molecule has 3 saturated heterocycles. The van der Waals surface area contributed by atoms with E-state index in [1.807, 2.05) is 27.7 Å². The number of Topliss-reactive ketones (excluding diaryl/α,β-unsaturated/α-hetero) is 1. The Labute approximate surface area is 277 Å². The highest BCUT2D eigenvalue weighted by atomic mass is 16.8. The zero-order chi connectivity index (χ0) is 35.0. The Hall–Kier alpha value is -3.03. The summed E-state index contributed by atoms with van der Waals surface area (Å²) in [6.45, 7) is 14.6. The van der Waals surface area contributed by atoms with Crippen molar-refractivity contribution in [1.82, 2.24) is 0 Å². The monoisotopic (exact) mass is 672 g/mol. The minimum absolute atomic E-state index is 0.312. The van der Waals surface area contributed by atoms with Crippen molar-refractivity contribution < 1.29 is 62.6 Å². The molecule has 48 heavy (non-hydrogen) atoms. The number of esters is 4. The number of epoxide rings is 2. The zero-order valence-electron chi connectivity index (χ0n) is 28.6. The van der Waals surface area contributed by atoms with E-state index in [1.165, 1.54) is 27.7 Å². The third-order valence-corrected chi connectivity index (χ3v) is 14.6. The summed E-state index contributed by atoms with van der Waals surface area (Å²) in [5, 5.41) is 24.1. The van der Waals surface area contributed by atoms with E-state index in [0.29, 0.717) is 12.0 Å². The van der Waals surface area contributed by atoms with Gasteiger partial charge in [0, 0.05) is 61.2 Å². The fourth-order valence-corrected chi connectivity index (χ4v) is 12.8. The summed E-state index contributed by atoms with van der Waals surface area (Å²) in [6.07, 6.45) is -3.90. The maximum absolute atomic E-state index is 14.4. The third kappa shape index (κ3) is 3.32. The molecule has 262 valence electrons. The topological polar surface area (TPSA) is 188 Å². The van der Waals surface area contributed by atoms with Crippen LogP contribution in [-0.4, -0.2) is 87.9 Å². The third-order valence-electron chi connectivity index (χ3n) is 14.6. The molecule has 0 aromatic heterocycles. The van der Waals surface area contributed by atoms with Gasteiger partial charge in [-0.15, -0.1) is 0 Å². The average molecular weight is 673 g/mol. The second-order valence-corrected chi connectivity index (χ2v) is 16.6. The molecule has 4 saturated carbocycles. The predicted molar refractivity (Wildman–Crippen MR) is 159 cm³/mol. The molecule has 0 amide bonds. The lowest BCUT2D eigenvalue weighted by Crippen LogP contribution is -2.67. The van der Waals surface area contributed by atoms with Gasteiger partial charge >= 0.3 is 23.9 Å². The largest absolute Gasteiger partial charge is 0.504 e. The van der Waals surface area contributed by atoms with Crippen molar-refractivity contribution in [2.45, 2.75) is 117 Å². The van der Waals surface area contributed by atoms with E-state index in [1.54, 1.807) is 6.92 Å². The molecule has 5 aliphatic carbocycles. The van der Waals surface area contributed by atoms with Gasteiger partial charge in [-0.3, -0.25) is 19.2 Å². The Morgan fingerprint density at radius 3 is 2.04 bits per heavy atom. The first-order valence-corrected chi connectivity index (χ1v) is 17.0. The van der Waals surface area contributed by atoms with Gasteiger partial charge in [0.2, 0.25) is 11.6 Å². The summed E-state index contributed by atoms with van der Waals surface area (Å²) < 4.78 is 36.6. The van der Waals surface area contributed by atoms with Crippen molar-refractivity contribution >= 4 is 29.7 Å². The molecule has 13 nitrogen and oxygen atoms in total. The highest BCUT2D eigenvalue weighted by Gasteiger charge is 2.93. The van der Waals surface area contributed by atoms with E-state index >= 15 is 0 Å². The van der Waals surface area contributed by atoms with Crippen molar-refractivity contribution in [2.75, 3.05) is 0 Å². The number of ketones is 1. The molecule has 3 heterocycles. The Morgan fingerprint density at radius 2 is 1.44 bits per heavy atom. The number of rotatable bonds is 3. The minimum atomic E-state index is -2.08. The predicted octanol–water partition coefficient (Wildman–Crippen LogP) is 2.16. The lowest BCUT2D eigenvalue weighted by molar-refractivity contribution is -0.202. The van der Waals surface area contributed by atoms with Gasteiger partial charge in [-0.05, 0) is 37.7 Å². The molecule has 3 aliphatic heterocycles. The van der Waals surface area contributed by atoms with Crippen molar-refractivity contribution in [3.8, 4) is 0 Å². The number of hydrogen-bond acceptors (Lipinski definition) is 13. The van der Waals surface area contributed by atoms with Crippen LogP contribution in [0.3, 0.4) is 0 Å². The SMILES string of the molecule is CC(=O)O[C@H]1[C@@H]2[C@H]([C@H](C)[C@@H]3O[C@]34OC(=O)[C@@](C)(O)[C@]24C)[C@]2(C)[C@@H]1C1=C(O)C(=O)[C@H]3C[C@@H]4O[C@@H]4[C@H](OC(C)=O)[C@]3(C)[C@H]1[C@H](C)[C@@H]2OC(C)=O. The average Bonchev–Trinajstić information content (AvgIpc) is 3.88. The number of ether oxygens (including phenoxy) is 6. The van der Waals surface area contributed by atoms with Crippen molar-refractivity contribution in [3.63, 3.8) is 0 Å².